The average Bonchev–Trinajstić information content (AvgIpc) is 2.66. The third-order valence-corrected chi connectivity index (χ3v) is 2.30. The third kappa shape index (κ3) is 31.4. The molecule has 1 rings (SSSR count). The van der Waals surface area contributed by atoms with Crippen molar-refractivity contribution < 1.29 is 37.6 Å². The van der Waals surface area contributed by atoms with Gasteiger partial charge >= 0.3 is 16.8 Å². The fraction of sp³-hybridized carbons (Fsp3) is 0.500. The molecule has 1 aliphatic heterocycles. The molecule has 9 nitrogen and oxygen atoms in total. The zero-order valence-corrected chi connectivity index (χ0v) is 18.6. The van der Waals surface area contributed by atoms with E-state index < -0.39 is 0 Å². The van der Waals surface area contributed by atoms with Gasteiger partial charge in [0.25, 0.3) is 0 Å². The van der Waals surface area contributed by atoms with E-state index >= 15 is 0 Å². The van der Waals surface area contributed by atoms with Crippen molar-refractivity contribution in [3.05, 3.63) is 36.7 Å². The van der Waals surface area contributed by atoms with E-state index in [4.69, 9.17) is 20.8 Å². The fourth-order valence-corrected chi connectivity index (χ4v) is 0.661. The number of allylic oxidation sites excluding steroid dienone is 2. The molecular formula is C18H33CoN5O4. The van der Waals surface area contributed by atoms with Crippen LogP contribution in [0.15, 0.2) is 45.1 Å². The normalized spacial score (nSPS) is 14.0. The summed E-state index contributed by atoms with van der Waals surface area (Å²) in [6, 6.07) is 0. The molecule has 1 aliphatic rings. The second-order valence-electron chi connectivity index (χ2n) is 6.44. The number of hydrogen-bond donors (Lipinski definition) is 4. The van der Waals surface area contributed by atoms with E-state index in [2.05, 4.69) is 53.6 Å². The molecule has 0 aromatic carbocycles. The van der Waals surface area contributed by atoms with Crippen LogP contribution >= 0.6 is 0 Å². The van der Waals surface area contributed by atoms with Crippen LogP contribution in [0.4, 0.5) is 0 Å². The first-order valence-electron chi connectivity index (χ1n) is 8.03. The van der Waals surface area contributed by atoms with E-state index in [1.807, 2.05) is 18.2 Å². The summed E-state index contributed by atoms with van der Waals surface area (Å²) in [5, 5.41) is 47.2. The first kappa shape index (κ1) is 33.3. The van der Waals surface area contributed by atoms with Crippen LogP contribution in [-0.4, -0.2) is 50.2 Å². The molecule has 0 aliphatic carbocycles. The average molecular weight is 442 g/mol. The first-order valence-corrected chi connectivity index (χ1v) is 8.03. The monoisotopic (exact) mass is 442 g/mol. The van der Waals surface area contributed by atoms with Gasteiger partial charge in [-0.1, -0.05) is 53.5 Å². The summed E-state index contributed by atoms with van der Waals surface area (Å²) in [7, 11) is 0. The second-order valence-corrected chi connectivity index (χ2v) is 6.44. The topological polar surface area (TPSA) is 144 Å². The van der Waals surface area contributed by atoms with Gasteiger partial charge in [-0.25, -0.2) is 0 Å². The molecule has 1 radical (unpaired) electrons. The molecule has 0 saturated carbocycles. The zero-order chi connectivity index (χ0) is 21.9. The largest absolute Gasteiger partial charge is 2.00 e. The Bertz CT molecular complexity index is 481. The summed E-state index contributed by atoms with van der Waals surface area (Å²) in [6.07, 6.45) is 7.73. The van der Waals surface area contributed by atoms with Gasteiger partial charge in [-0.15, -0.1) is 12.6 Å². The third-order valence-electron chi connectivity index (χ3n) is 2.30. The molecule has 0 aromatic heterocycles. The summed E-state index contributed by atoms with van der Waals surface area (Å²) < 4.78 is 0. The van der Waals surface area contributed by atoms with Crippen molar-refractivity contribution in [1.82, 2.24) is 0 Å². The number of nitrogens with zero attached hydrogens (tertiary/aromatic N) is 5. The molecule has 0 spiro atoms. The maximum atomic E-state index is 8.03. The van der Waals surface area contributed by atoms with Gasteiger partial charge in [0.05, 0.1) is 0 Å². The van der Waals surface area contributed by atoms with Crippen molar-refractivity contribution in [3.8, 4) is 0 Å². The van der Waals surface area contributed by atoms with Crippen molar-refractivity contribution in [2.45, 2.75) is 48.5 Å². The molecule has 1 heterocycles. The molecule has 28 heavy (non-hydrogen) atoms. The van der Waals surface area contributed by atoms with Gasteiger partial charge < -0.3 is 33.1 Å². The summed E-state index contributed by atoms with van der Waals surface area (Å²) in [6.45, 7) is 17.0. The molecule has 163 valence electrons. The maximum absolute atomic E-state index is 8.03. The Labute approximate surface area is 178 Å². The quantitative estimate of drug-likeness (QED) is 0.213. The van der Waals surface area contributed by atoms with E-state index in [-0.39, 0.29) is 22.2 Å². The van der Waals surface area contributed by atoms with Crippen molar-refractivity contribution in [1.29, 1.82) is 0 Å². The van der Waals surface area contributed by atoms with Gasteiger partial charge in [0.2, 0.25) is 0 Å². The molecule has 4 N–H and O–H groups in total. The molecule has 0 saturated heterocycles. The summed E-state index contributed by atoms with van der Waals surface area (Å²) in [4.78, 5) is 0. The predicted molar refractivity (Wildman–Crippen MR) is 111 cm³/mol. The Morgan fingerprint density at radius 2 is 1.07 bits per heavy atom. The Morgan fingerprint density at radius 1 is 0.786 bits per heavy atom. The number of rotatable bonds is 2. The van der Waals surface area contributed by atoms with E-state index in [9.17, 15) is 0 Å². The Morgan fingerprint density at radius 3 is 1.14 bits per heavy atom. The SMILES string of the molecule is C1=CC[N-]C=C1.CC(=NO)C(C)=NO.CC(=NO)C(C)=NO.[CH2-]C(C)(C)C.[Co+2]. The predicted octanol–water partition coefficient (Wildman–Crippen LogP) is 4.68. The summed E-state index contributed by atoms with van der Waals surface area (Å²) in [5.74, 6) is 0. The van der Waals surface area contributed by atoms with E-state index in [1.165, 1.54) is 27.7 Å². The van der Waals surface area contributed by atoms with Gasteiger partial charge in [0, 0.05) is 0 Å². The van der Waals surface area contributed by atoms with Crippen LogP contribution in [0.3, 0.4) is 0 Å². The molecule has 0 aromatic rings. The number of oxime groups is 4. The molecule has 10 heteroatoms. The Kier molecular flexibility index (Phi) is 24.9. The molecule has 0 fully saturated rings. The van der Waals surface area contributed by atoms with Crippen LogP contribution in [0.25, 0.3) is 5.32 Å². The van der Waals surface area contributed by atoms with Crippen LogP contribution in [0.1, 0.15) is 48.5 Å². The van der Waals surface area contributed by atoms with Gasteiger partial charge in [-0.2, -0.15) is 11.6 Å². The standard InChI is InChI=1S/C5H6N.C5H11.2C4H8N2O2.Co/c1-2-4-6-5-3-1;1-5(2,3)4;2*1-3(5-7)4(2)6-8;/h1-4H,5H2;1H2,2-4H3;2*7-8H,1-2H3;/q2*-1;;;+2. The van der Waals surface area contributed by atoms with Gasteiger partial charge in [-0.3, -0.25) is 0 Å². The minimum atomic E-state index is 0. The van der Waals surface area contributed by atoms with Gasteiger partial charge in [0.15, 0.2) is 0 Å². The summed E-state index contributed by atoms with van der Waals surface area (Å²) in [5.41, 5.74) is 1.50. The Hall–Kier alpha value is -2.33. The van der Waals surface area contributed by atoms with Crippen molar-refractivity contribution in [2.24, 2.45) is 26.0 Å². The van der Waals surface area contributed by atoms with Crippen LogP contribution in [0, 0.1) is 12.3 Å². The van der Waals surface area contributed by atoms with Crippen molar-refractivity contribution >= 4 is 22.8 Å². The second kappa shape index (κ2) is 21.0. The van der Waals surface area contributed by atoms with E-state index in [0.29, 0.717) is 22.8 Å². The zero-order valence-electron chi connectivity index (χ0n) is 17.6. The van der Waals surface area contributed by atoms with E-state index in [1.54, 1.807) is 6.20 Å². The van der Waals surface area contributed by atoms with Crippen molar-refractivity contribution in [3.63, 3.8) is 0 Å². The number of hydrogen-bond acceptors (Lipinski definition) is 8. The smallest absolute Gasteiger partial charge is 0.687 e. The minimum absolute atomic E-state index is 0. The Balaban J connectivity index is -0.000000138. The maximum Gasteiger partial charge on any atom is 2.00 e. The van der Waals surface area contributed by atoms with Crippen LogP contribution < -0.4 is 0 Å². The minimum Gasteiger partial charge on any atom is -0.687 e. The van der Waals surface area contributed by atoms with Gasteiger partial charge in [0.1, 0.15) is 22.8 Å². The molecule has 0 amide bonds. The fourth-order valence-electron chi connectivity index (χ4n) is 0.661. The first-order chi connectivity index (χ1) is 12.4. The van der Waals surface area contributed by atoms with Gasteiger partial charge in [-0.05, 0) is 27.7 Å². The van der Waals surface area contributed by atoms with Crippen LogP contribution in [-0.2, 0) is 16.8 Å². The summed E-state index contributed by atoms with van der Waals surface area (Å²) >= 11 is 0. The van der Waals surface area contributed by atoms with Crippen LogP contribution in [0.5, 0.6) is 0 Å². The van der Waals surface area contributed by atoms with Crippen LogP contribution in [0.2, 0.25) is 0 Å². The van der Waals surface area contributed by atoms with Crippen molar-refractivity contribution in [2.75, 3.05) is 6.54 Å². The molecule has 0 atom stereocenters. The molecule has 0 bridgehead atoms. The molecular weight excluding hydrogens is 409 g/mol. The van der Waals surface area contributed by atoms with E-state index in [0.717, 1.165) is 6.54 Å². The molecule has 0 unspecified atom stereocenters.